The second-order valence-electron chi connectivity index (χ2n) is 4.57. The molecule has 0 aromatic rings. The van der Waals surface area contributed by atoms with Crippen molar-refractivity contribution in [3.05, 3.63) is 81.5 Å². The molecule has 0 heterocycles. The zero-order chi connectivity index (χ0) is 18.1. The fraction of sp³-hybridized carbons (Fsp3) is 0.235. The number of hydrogen-bond acceptors (Lipinski definition) is 6. The van der Waals surface area contributed by atoms with Crippen LogP contribution in [0.25, 0.3) is 0 Å². The van der Waals surface area contributed by atoms with Gasteiger partial charge < -0.3 is 14.2 Å². The molecule has 7 heteroatoms. The van der Waals surface area contributed by atoms with E-state index >= 15 is 0 Å². The minimum atomic E-state index is -0.647. The Balaban J connectivity index is 3.45. The van der Waals surface area contributed by atoms with Crippen molar-refractivity contribution in [1.29, 1.82) is 0 Å². The topological polar surface area (TPSA) is 87.9 Å². The van der Waals surface area contributed by atoms with Crippen LogP contribution in [0.4, 0.5) is 0 Å². The monoisotopic (exact) mass is 333 g/mol. The molecule has 0 aromatic carbocycles. The van der Waals surface area contributed by atoms with E-state index < -0.39 is 10.9 Å². The van der Waals surface area contributed by atoms with E-state index in [1.807, 2.05) is 0 Å². The summed E-state index contributed by atoms with van der Waals surface area (Å²) < 4.78 is 15.3. The summed E-state index contributed by atoms with van der Waals surface area (Å²) in [5, 5.41) is 11.1. The van der Waals surface area contributed by atoms with Crippen LogP contribution in [0.1, 0.15) is 6.42 Å². The molecule has 128 valence electrons. The maximum atomic E-state index is 11.9. The lowest BCUT2D eigenvalue weighted by atomic mass is 10.0. The molecule has 0 amide bonds. The number of nitro groups is 1. The van der Waals surface area contributed by atoms with Gasteiger partial charge in [-0.1, -0.05) is 18.7 Å². The van der Waals surface area contributed by atoms with E-state index in [0.29, 0.717) is 17.1 Å². The van der Waals surface area contributed by atoms with Crippen molar-refractivity contribution in [3.63, 3.8) is 0 Å². The lowest BCUT2D eigenvalue weighted by Gasteiger charge is -2.14. The molecule has 0 aliphatic heterocycles. The highest BCUT2D eigenvalue weighted by atomic mass is 16.6. The van der Waals surface area contributed by atoms with Gasteiger partial charge in [-0.3, -0.25) is 10.1 Å². The average molecular weight is 333 g/mol. The average Bonchev–Trinajstić information content (AvgIpc) is 2.81. The number of hydrogen-bond donors (Lipinski definition) is 0. The van der Waals surface area contributed by atoms with Crippen molar-refractivity contribution in [3.8, 4) is 0 Å². The zero-order valence-corrected chi connectivity index (χ0v) is 13.8. The highest BCUT2D eigenvalue weighted by molar-refractivity contribution is 5.89. The molecule has 0 aromatic heterocycles. The predicted octanol–water partition coefficient (Wildman–Crippen LogP) is 2.82. The summed E-state index contributed by atoms with van der Waals surface area (Å²) in [6, 6.07) is 0. The molecule has 0 bridgehead atoms. The first-order chi connectivity index (χ1) is 11.5. The third-order valence-corrected chi connectivity index (χ3v) is 3.14. The number of carbonyl (C=O) groups is 1. The third kappa shape index (κ3) is 4.70. The lowest BCUT2D eigenvalue weighted by Crippen LogP contribution is -2.08. The molecule has 0 saturated carbocycles. The van der Waals surface area contributed by atoms with E-state index in [4.69, 9.17) is 9.47 Å². The van der Waals surface area contributed by atoms with Gasteiger partial charge in [-0.2, -0.15) is 0 Å². The molecule has 0 N–H and O–H groups in total. The Morgan fingerprint density at radius 1 is 1.21 bits per heavy atom. The molecule has 0 unspecified atom stereocenters. The van der Waals surface area contributed by atoms with Gasteiger partial charge >= 0.3 is 5.97 Å². The Bertz CT molecular complexity index is 679. The van der Waals surface area contributed by atoms with Gasteiger partial charge in [-0.25, -0.2) is 4.79 Å². The minimum absolute atomic E-state index is 0.0957. The molecule has 7 nitrogen and oxygen atoms in total. The second-order valence-corrected chi connectivity index (χ2v) is 4.57. The van der Waals surface area contributed by atoms with Crippen LogP contribution >= 0.6 is 0 Å². The van der Waals surface area contributed by atoms with Gasteiger partial charge in [0.15, 0.2) is 11.5 Å². The van der Waals surface area contributed by atoms with Crippen LogP contribution in [0.3, 0.4) is 0 Å². The number of carbonyl (C=O) groups excluding carboxylic acids is 1. The zero-order valence-electron chi connectivity index (χ0n) is 13.8. The molecule has 0 radical (unpaired) electrons. The fourth-order valence-electron chi connectivity index (χ4n) is 2.04. The molecular weight excluding hydrogens is 314 g/mol. The smallest absolute Gasteiger partial charge is 0.334 e. The normalized spacial score (nSPS) is 15.4. The van der Waals surface area contributed by atoms with Crippen LogP contribution in [-0.4, -0.2) is 32.2 Å². The summed E-state index contributed by atoms with van der Waals surface area (Å²) in [7, 11) is 4.13. The Morgan fingerprint density at radius 2 is 1.92 bits per heavy atom. The van der Waals surface area contributed by atoms with Crippen LogP contribution in [-0.2, 0) is 19.0 Å². The van der Waals surface area contributed by atoms with Crippen molar-refractivity contribution in [2.24, 2.45) is 0 Å². The second kappa shape index (κ2) is 9.14. The molecule has 0 spiro atoms. The molecule has 1 aliphatic carbocycles. The van der Waals surface area contributed by atoms with E-state index in [-0.39, 0.29) is 17.7 Å². The Labute approximate surface area is 140 Å². The minimum Gasteiger partial charge on any atom is -0.493 e. The van der Waals surface area contributed by atoms with Crippen molar-refractivity contribution in [2.45, 2.75) is 6.42 Å². The van der Waals surface area contributed by atoms with Gasteiger partial charge in [0.2, 0.25) is 0 Å². The molecule has 0 saturated heterocycles. The first kappa shape index (κ1) is 19.0. The molecule has 24 heavy (non-hydrogen) atoms. The lowest BCUT2D eigenvalue weighted by molar-refractivity contribution is -0.419. The number of ether oxygens (including phenoxy) is 3. The van der Waals surface area contributed by atoms with Gasteiger partial charge in [0.1, 0.15) is 0 Å². The van der Waals surface area contributed by atoms with Gasteiger partial charge in [0.05, 0.1) is 26.3 Å². The number of esters is 1. The quantitative estimate of drug-likeness (QED) is 0.234. The van der Waals surface area contributed by atoms with E-state index in [0.717, 1.165) is 0 Å². The Morgan fingerprint density at radius 3 is 2.42 bits per heavy atom. The van der Waals surface area contributed by atoms with E-state index in [1.165, 1.54) is 39.6 Å². The highest BCUT2D eigenvalue weighted by Gasteiger charge is 2.23. The van der Waals surface area contributed by atoms with Crippen LogP contribution in [0.2, 0.25) is 0 Å². The van der Waals surface area contributed by atoms with Crippen molar-refractivity contribution in [1.82, 2.24) is 0 Å². The number of nitrogens with zero attached hydrogens (tertiary/aromatic N) is 1. The highest BCUT2D eigenvalue weighted by Crippen LogP contribution is 2.28. The summed E-state index contributed by atoms with van der Waals surface area (Å²) in [5.41, 5.74) is 0.458. The summed E-state index contributed by atoms with van der Waals surface area (Å²) in [4.78, 5) is 22.4. The summed E-state index contributed by atoms with van der Waals surface area (Å²) in [5.74, 6) is 0.101. The van der Waals surface area contributed by atoms with Crippen LogP contribution in [0.5, 0.6) is 0 Å². The van der Waals surface area contributed by atoms with Crippen molar-refractivity contribution in [2.75, 3.05) is 21.3 Å². The number of allylic oxidation sites excluding steroid dienone is 7. The maximum absolute atomic E-state index is 11.9. The molecular formula is C17H19NO6. The van der Waals surface area contributed by atoms with Crippen molar-refractivity contribution >= 4 is 5.97 Å². The molecule has 0 fully saturated rings. The van der Waals surface area contributed by atoms with Crippen LogP contribution < -0.4 is 0 Å². The fourth-order valence-corrected chi connectivity index (χ4v) is 2.04. The first-order valence-corrected chi connectivity index (χ1v) is 6.94. The Hall–Kier alpha value is -3.09. The van der Waals surface area contributed by atoms with Crippen LogP contribution in [0, 0.1) is 10.1 Å². The van der Waals surface area contributed by atoms with E-state index in [2.05, 4.69) is 11.3 Å². The van der Waals surface area contributed by atoms with E-state index in [9.17, 15) is 14.9 Å². The largest absolute Gasteiger partial charge is 0.493 e. The molecule has 1 aliphatic rings. The van der Waals surface area contributed by atoms with Gasteiger partial charge in [0, 0.05) is 29.7 Å². The summed E-state index contributed by atoms with van der Waals surface area (Å²) in [6.07, 6.45) is 8.96. The third-order valence-electron chi connectivity index (χ3n) is 3.14. The molecule has 0 atom stereocenters. The van der Waals surface area contributed by atoms with Gasteiger partial charge in [-0.15, -0.1) is 0 Å². The number of methoxy groups -OCH3 is 3. The van der Waals surface area contributed by atoms with Gasteiger partial charge in [0.25, 0.3) is 5.70 Å². The number of rotatable bonds is 7. The standard InChI is InChI=1S/C17H19NO6/c1-5-6-7-15(22-2)16(23-3)12-8-9-14(18(20)21)11-13(10-12)17(19)24-4/h5-9,11H,1,10H2,2-4H3/b7-6-,16-15-. The predicted molar refractivity (Wildman–Crippen MR) is 88.3 cm³/mol. The van der Waals surface area contributed by atoms with Gasteiger partial charge in [-0.05, 0) is 12.2 Å². The first-order valence-electron chi connectivity index (χ1n) is 6.94. The summed E-state index contributed by atoms with van der Waals surface area (Å²) in [6.45, 7) is 3.58. The van der Waals surface area contributed by atoms with E-state index in [1.54, 1.807) is 18.2 Å². The SMILES string of the molecule is C=C/C=C\C(OC)=C(\OC)C1=CC=C([N+](=O)[O-])C=C(C(=O)OC)C1. The Kier molecular flexibility index (Phi) is 7.22. The maximum Gasteiger partial charge on any atom is 0.334 e. The summed E-state index contributed by atoms with van der Waals surface area (Å²) >= 11 is 0. The van der Waals surface area contributed by atoms with Crippen molar-refractivity contribution < 1.29 is 23.9 Å². The van der Waals surface area contributed by atoms with Crippen LogP contribution in [0.15, 0.2) is 71.4 Å². The molecule has 1 rings (SSSR count).